The Morgan fingerprint density at radius 3 is 2.87 bits per heavy atom. The van der Waals surface area contributed by atoms with Crippen molar-refractivity contribution in [3.8, 4) is 0 Å². The molecule has 6 nitrogen and oxygen atoms in total. The Labute approximate surface area is 139 Å². The van der Waals surface area contributed by atoms with Crippen LogP contribution in [-0.2, 0) is 28.4 Å². The Morgan fingerprint density at radius 1 is 1.39 bits per heavy atom. The van der Waals surface area contributed by atoms with Crippen molar-refractivity contribution in [3.05, 3.63) is 47.8 Å². The zero-order valence-corrected chi connectivity index (χ0v) is 13.9. The molecule has 0 fully saturated rings. The molecule has 0 atom stereocenters. The minimum atomic E-state index is -0.149. The van der Waals surface area contributed by atoms with Gasteiger partial charge < -0.3 is 19.7 Å². The van der Waals surface area contributed by atoms with E-state index in [0.717, 1.165) is 10.9 Å². The zero-order chi connectivity index (χ0) is 16.5. The molecule has 1 aromatic heterocycles. The number of hydrogen-bond donors (Lipinski definition) is 2. The van der Waals surface area contributed by atoms with E-state index in [1.54, 1.807) is 29.6 Å². The molecule has 1 amide bonds. The molecule has 2 aromatic rings. The molecule has 0 unspecified atom stereocenters. The highest BCUT2D eigenvalue weighted by Crippen LogP contribution is 2.23. The van der Waals surface area contributed by atoms with Crippen LogP contribution in [0.5, 0.6) is 0 Å². The van der Waals surface area contributed by atoms with Crippen molar-refractivity contribution in [1.29, 1.82) is 0 Å². The third-order valence-electron chi connectivity index (χ3n) is 3.20. The molecule has 7 heteroatoms. The molecule has 1 heterocycles. The SMILES string of the molecule is COCCNC(=O)Cn1c(CO)cnc1SCc1ccccc1. The summed E-state index contributed by atoms with van der Waals surface area (Å²) in [4.78, 5) is 16.3. The van der Waals surface area contributed by atoms with Gasteiger partial charge in [0, 0.05) is 19.4 Å². The van der Waals surface area contributed by atoms with Crippen LogP contribution in [0.15, 0.2) is 41.7 Å². The van der Waals surface area contributed by atoms with Gasteiger partial charge in [0.2, 0.25) is 5.91 Å². The lowest BCUT2D eigenvalue weighted by atomic mass is 10.2. The number of thioether (sulfide) groups is 1. The Bertz CT molecular complexity index is 616. The molecule has 0 saturated heterocycles. The van der Waals surface area contributed by atoms with Crippen molar-refractivity contribution in [2.45, 2.75) is 24.1 Å². The van der Waals surface area contributed by atoms with Crippen LogP contribution in [0.4, 0.5) is 0 Å². The second-order valence-corrected chi connectivity index (χ2v) is 5.84. The second kappa shape index (κ2) is 9.34. The molecule has 0 aliphatic heterocycles. The Hall–Kier alpha value is -1.83. The molecule has 0 aliphatic carbocycles. The Balaban J connectivity index is 2.00. The van der Waals surface area contributed by atoms with Crippen LogP contribution in [0.2, 0.25) is 0 Å². The summed E-state index contributed by atoms with van der Waals surface area (Å²) >= 11 is 1.54. The molecule has 1 aromatic carbocycles. The third kappa shape index (κ3) is 5.38. The van der Waals surface area contributed by atoms with Gasteiger partial charge in [-0.15, -0.1) is 0 Å². The summed E-state index contributed by atoms with van der Waals surface area (Å²) in [6, 6.07) is 10.0. The van der Waals surface area contributed by atoms with E-state index in [0.29, 0.717) is 18.8 Å². The highest BCUT2D eigenvalue weighted by atomic mass is 32.2. The fourth-order valence-corrected chi connectivity index (χ4v) is 2.97. The van der Waals surface area contributed by atoms with Gasteiger partial charge in [-0.25, -0.2) is 4.98 Å². The van der Waals surface area contributed by atoms with Crippen molar-refractivity contribution >= 4 is 17.7 Å². The van der Waals surface area contributed by atoms with Gasteiger partial charge in [-0.3, -0.25) is 4.79 Å². The number of benzene rings is 1. The number of nitrogens with one attached hydrogen (secondary N) is 1. The molecule has 0 saturated carbocycles. The number of ether oxygens (including phenoxy) is 1. The molecular weight excluding hydrogens is 314 g/mol. The average molecular weight is 335 g/mol. The predicted molar refractivity (Wildman–Crippen MR) is 89.0 cm³/mol. The van der Waals surface area contributed by atoms with E-state index >= 15 is 0 Å². The maximum absolute atomic E-state index is 12.0. The molecule has 2 N–H and O–H groups in total. The van der Waals surface area contributed by atoms with E-state index < -0.39 is 0 Å². The fourth-order valence-electron chi connectivity index (χ4n) is 2.02. The Kier molecular flexibility index (Phi) is 7.12. The molecule has 0 spiro atoms. The molecule has 0 bridgehead atoms. The zero-order valence-electron chi connectivity index (χ0n) is 13.1. The molecule has 0 radical (unpaired) electrons. The maximum atomic E-state index is 12.0. The summed E-state index contributed by atoms with van der Waals surface area (Å²) in [6.45, 7) is 0.921. The molecule has 0 aliphatic rings. The van der Waals surface area contributed by atoms with Gasteiger partial charge in [-0.1, -0.05) is 42.1 Å². The lowest BCUT2D eigenvalue weighted by Gasteiger charge is -2.11. The number of rotatable bonds is 9. The number of aliphatic hydroxyl groups is 1. The van der Waals surface area contributed by atoms with Crippen LogP contribution in [-0.4, -0.2) is 40.8 Å². The van der Waals surface area contributed by atoms with Crippen LogP contribution in [0.25, 0.3) is 0 Å². The van der Waals surface area contributed by atoms with Crippen LogP contribution < -0.4 is 5.32 Å². The van der Waals surface area contributed by atoms with E-state index in [2.05, 4.69) is 10.3 Å². The standard InChI is InChI=1S/C16H21N3O3S/c1-22-8-7-17-15(21)10-19-14(11-20)9-18-16(19)23-12-13-5-3-2-4-6-13/h2-6,9,20H,7-8,10-12H2,1H3,(H,17,21). The van der Waals surface area contributed by atoms with E-state index in [-0.39, 0.29) is 19.1 Å². The normalized spacial score (nSPS) is 10.7. The first-order valence-electron chi connectivity index (χ1n) is 7.32. The maximum Gasteiger partial charge on any atom is 0.240 e. The van der Waals surface area contributed by atoms with Gasteiger partial charge in [0.1, 0.15) is 6.54 Å². The van der Waals surface area contributed by atoms with E-state index in [1.807, 2.05) is 30.3 Å². The summed E-state index contributed by atoms with van der Waals surface area (Å²) in [5, 5.41) is 12.9. The van der Waals surface area contributed by atoms with Crippen molar-refractivity contribution in [2.24, 2.45) is 0 Å². The minimum Gasteiger partial charge on any atom is -0.390 e. The van der Waals surface area contributed by atoms with E-state index in [1.165, 1.54) is 5.56 Å². The average Bonchev–Trinajstić information content (AvgIpc) is 2.96. The van der Waals surface area contributed by atoms with E-state index in [9.17, 15) is 9.90 Å². The minimum absolute atomic E-state index is 0.128. The Morgan fingerprint density at radius 2 is 2.17 bits per heavy atom. The second-order valence-electron chi connectivity index (χ2n) is 4.89. The number of nitrogens with zero attached hydrogens (tertiary/aromatic N) is 2. The van der Waals surface area contributed by atoms with Crippen molar-refractivity contribution in [3.63, 3.8) is 0 Å². The quantitative estimate of drug-likeness (QED) is 0.535. The van der Waals surface area contributed by atoms with Crippen molar-refractivity contribution in [1.82, 2.24) is 14.9 Å². The number of hydrogen-bond acceptors (Lipinski definition) is 5. The first-order valence-corrected chi connectivity index (χ1v) is 8.30. The van der Waals surface area contributed by atoms with Gasteiger partial charge in [-0.05, 0) is 5.56 Å². The van der Waals surface area contributed by atoms with Crippen LogP contribution in [0.3, 0.4) is 0 Å². The summed E-state index contributed by atoms with van der Waals surface area (Å²) < 4.78 is 6.65. The number of carbonyl (C=O) groups excluding carboxylic acids is 1. The molecular formula is C16H21N3O3S. The van der Waals surface area contributed by atoms with Crippen LogP contribution >= 0.6 is 11.8 Å². The van der Waals surface area contributed by atoms with Crippen molar-refractivity contribution < 1.29 is 14.6 Å². The van der Waals surface area contributed by atoms with Gasteiger partial charge in [-0.2, -0.15) is 0 Å². The summed E-state index contributed by atoms with van der Waals surface area (Å²) in [5.74, 6) is 0.630. The first kappa shape index (κ1) is 17.5. The van der Waals surface area contributed by atoms with Crippen molar-refractivity contribution in [2.75, 3.05) is 20.3 Å². The highest BCUT2D eigenvalue weighted by molar-refractivity contribution is 7.98. The monoisotopic (exact) mass is 335 g/mol. The van der Waals surface area contributed by atoms with Crippen LogP contribution in [0, 0.1) is 0 Å². The number of carbonyl (C=O) groups is 1. The molecule has 2 rings (SSSR count). The van der Waals surface area contributed by atoms with Gasteiger partial charge in [0.25, 0.3) is 0 Å². The number of aliphatic hydroxyl groups excluding tert-OH is 1. The molecule has 23 heavy (non-hydrogen) atoms. The number of aromatic nitrogens is 2. The predicted octanol–water partition coefficient (Wildman–Crippen LogP) is 1.43. The van der Waals surface area contributed by atoms with Gasteiger partial charge >= 0.3 is 0 Å². The number of imidazole rings is 1. The third-order valence-corrected chi connectivity index (χ3v) is 4.27. The van der Waals surface area contributed by atoms with Crippen LogP contribution in [0.1, 0.15) is 11.3 Å². The highest BCUT2D eigenvalue weighted by Gasteiger charge is 2.13. The molecule has 124 valence electrons. The lowest BCUT2D eigenvalue weighted by Crippen LogP contribution is -2.31. The fraction of sp³-hybridized carbons (Fsp3) is 0.375. The summed E-state index contributed by atoms with van der Waals surface area (Å²) in [7, 11) is 1.59. The smallest absolute Gasteiger partial charge is 0.240 e. The van der Waals surface area contributed by atoms with Gasteiger partial charge in [0.05, 0.1) is 25.1 Å². The van der Waals surface area contributed by atoms with Gasteiger partial charge in [0.15, 0.2) is 5.16 Å². The summed E-state index contributed by atoms with van der Waals surface area (Å²) in [6.07, 6.45) is 1.61. The van der Waals surface area contributed by atoms with E-state index in [4.69, 9.17) is 4.74 Å². The summed E-state index contributed by atoms with van der Waals surface area (Å²) in [5.41, 5.74) is 1.81. The number of methoxy groups -OCH3 is 1. The first-order chi connectivity index (χ1) is 11.2. The topological polar surface area (TPSA) is 76.4 Å². The number of amides is 1. The largest absolute Gasteiger partial charge is 0.390 e. The lowest BCUT2D eigenvalue weighted by molar-refractivity contribution is -0.122.